The van der Waals surface area contributed by atoms with Gasteiger partial charge in [0.1, 0.15) is 0 Å². The van der Waals surface area contributed by atoms with Gasteiger partial charge in [0.2, 0.25) is 10.0 Å². The summed E-state index contributed by atoms with van der Waals surface area (Å²) in [5.74, 6) is 0.244. The number of likely N-dealkylation sites (tertiary alicyclic amines) is 1. The Kier molecular flexibility index (Phi) is 3.87. The molecule has 0 spiro atoms. The van der Waals surface area contributed by atoms with Gasteiger partial charge in [0.05, 0.1) is 24.9 Å². The summed E-state index contributed by atoms with van der Waals surface area (Å²) >= 11 is 0. The lowest BCUT2D eigenvalue weighted by molar-refractivity contribution is -0.914. The molecular weight excluding hydrogens is 224 g/mol. The van der Waals surface area contributed by atoms with Gasteiger partial charge in [-0.3, -0.25) is 0 Å². The van der Waals surface area contributed by atoms with Crippen LogP contribution in [0, 0.1) is 0 Å². The molecule has 2 fully saturated rings. The molecule has 0 saturated carbocycles. The zero-order chi connectivity index (χ0) is 11.6. The van der Waals surface area contributed by atoms with Crippen LogP contribution in [0.3, 0.4) is 0 Å². The molecule has 0 bridgehead atoms. The molecule has 16 heavy (non-hydrogen) atoms. The highest BCUT2D eigenvalue weighted by atomic mass is 32.2. The first kappa shape index (κ1) is 12.3. The van der Waals surface area contributed by atoms with Gasteiger partial charge in [-0.15, -0.1) is 0 Å². The van der Waals surface area contributed by atoms with Crippen LogP contribution in [0.1, 0.15) is 32.6 Å². The van der Waals surface area contributed by atoms with E-state index in [0.717, 1.165) is 25.9 Å². The summed E-state index contributed by atoms with van der Waals surface area (Å²) in [5, 5.41) is 0. The fourth-order valence-corrected chi connectivity index (χ4v) is 4.09. The molecule has 94 valence electrons. The Balaban J connectivity index is 1.87. The zero-order valence-electron chi connectivity index (χ0n) is 10.1. The molecular formula is C11H23N2O2S+. The van der Waals surface area contributed by atoms with E-state index in [9.17, 15) is 8.42 Å². The molecule has 0 radical (unpaired) electrons. The predicted octanol–water partition coefficient (Wildman–Crippen LogP) is -0.521. The monoisotopic (exact) mass is 247 g/mol. The summed E-state index contributed by atoms with van der Waals surface area (Å²) in [6, 6.07) is 0.714. The van der Waals surface area contributed by atoms with Crippen LogP contribution < -0.4 is 4.90 Å². The van der Waals surface area contributed by atoms with Crippen molar-refractivity contribution in [1.82, 2.24) is 4.31 Å². The number of piperidine rings is 1. The molecule has 0 aliphatic carbocycles. The molecule has 2 saturated heterocycles. The lowest BCUT2D eigenvalue weighted by Gasteiger charge is -2.33. The Labute approximate surface area is 98.7 Å². The first-order valence-corrected chi connectivity index (χ1v) is 8.07. The summed E-state index contributed by atoms with van der Waals surface area (Å²) < 4.78 is 25.1. The first-order valence-electron chi connectivity index (χ1n) is 6.46. The number of nitrogens with zero attached hydrogens (tertiary/aromatic N) is 1. The van der Waals surface area contributed by atoms with Crippen LogP contribution in [-0.4, -0.2) is 50.7 Å². The molecule has 4 nitrogen and oxygen atoms in total. The lowest BCUT2D eigenvalue weighted by Crippen LogP contribution is -3.14. The maximum Gasteiger partial charge on any atom is 0.213 e. The highest BCUT2D eigenvalue weighted by molar-refractivity contribution is 7.89. The summed E-state index contributed by atoms with van der Waals surface area (Å²) in [6.07, 6.45) is 4.80. The second-order valence-corrected chi connectivity index (χ2v) is 7.20. The number of hydrogen-bond donors (Lipinski definition) is 1. The largest absolute Gasteiger partial charge is 0.332 e. The smallest absolute Gasteiger partial charge is 0.213 e. The van der Waals surface area contributed by atoms with Crippen molar-refractivity contribution in [3.63, 3.8) is 0 Å². The number of rotatable bonds is 3. The fourth-order valence-electron chi connectivity index (χ4n) is 2.96. The number of sulfonamides is 1. The van der Waals surface area contributed by atoms with Crippen LogP contribution in [0.2, 0.25) is 0 Å². The molecule has 0 amide bonds. The first-order chi connectivity index (χ1) is 7.63. The minimum atomic E-state index is -2.94. The van der Waals surface area contributed by atoms with Gasteiger partial charge >= 0.3 is 0 Å². The van der Waals surface area contributed by atoms with Crippen LogP contribution in [0.25, 0.3) is 0 Å². The van der Waals surface area contributed by atoms with Gasteiger partial charge in [0, 0.05) is 38.8 Å². The maximum absolute atomic E-state index is 11.7. The average Bonchev–Trinajstić information content (AvgIpc) is 2.83. The summed E-state index contributed by atoms with van der Waals surface area (Å²) in [4.78, 5) is 1.72. The van der Waals surface area contributed by atoms with Gasteiger partial charge < -0.3 is 4.90 Å². The Morgan fingerprint density at radius 3 is 2.25 bits per heavy atom. The van der Waals surface area contributed by atoms with E-state index in [0.29, 0.717) is 6.04 Å². The summed E-state index contributed by atoms with van der Waals surface area (Å²) in [6.45, 7) is 5.80. The Hall–Kier alpha value is -0.130. The van der Waals surface area contributed by atoms with E-state index in [1.807, 2.05) is 0 Å². The van der Waals surface area contributed by atoms with Crippen molar-refractivity contribution >= 4 is 10.0 Å². The molecule has 2 heterocycles. The SMILES string of the molecule is CCS(=O)(=O)N1CCC([NH+]2CCCC2)CC1. The minimum absolute atomic E-state index is 0.244. The number of nitrogens with one attached hydrogen (secondary N) is 1. The van der Waals surface area contributed by atoms with E-state index in [1.165, 1.54) is 25.9 Å². The quantitative estimate of drug-likeness (QED) is 0.729. The molecule has 0 aromatic rings. The number of quaternary nitrogens is 1. The molecule has 0 aromatic carbocycles. The van der Waals surface area contributed by atoms with E-state index in [4.69, 9.17) is 0 Å². The molecule has 0 aromatic heterocycles. The second-order valence-electron chi connectivity index (χ2n) is 4.94. The third-order valence-electron chi connectivity index (χ3n) is 4.04. The highest BCUT2D eigenvalue weighted by Crippen LogP contribution is 2.13. The van der Waals surface area contributed by atoms with Crippen molar-refractivity contribution in [3.05, 3.63) is 0 Å². The third kappa shape index (κ3) is 2.57. The van der Waals surface area contributed by atoms with Crippen molar-refractivity contribution in [2.75, 3.05) is 31.9 Å². The van der Waals surface area contributed by atoms with Gasteiger partial charge in [0.25, 0.3) is 0 Å². The van der Waals surface area contributed by atoms with E-state index in [-0.39, 0.29) is 5.75 Å². The van der Waals surface area contributed by atoms with Crippen molar-refractivity contribution < 1.29 is 13.3 Å². The van der Waals surface area contributed by atoms with E-state index in [2.05, 4.69) is 0 Å². The Morgan fingerprint density at radius 1 is 1.19 bits per heavy atom. The molecule has 2 rings (SSSR count). The highest BCUT2D eigenvalue weighted by Gasteiger charge is 2.32. The van der Waals surface area contributed by atoms with Crippen LogP contribution in [-0.2, 0) is 10.0 Å². The van der Waals surface area contributed by atoms with Gasteiger partial charge in [-0.2, -0.15) is 0 Å². The lowest BCUT2D eigenvalue weighted by atomic mass is 10.1. The molecule has 5 heteroatoms. The van der Waals surface area contributed by atoms with Crippen LogP contribution in [0.4, 0.5) is 0 Å². The number of hydrogen-bond acceptors (Lipinski definition) is 2. The Morgan fingerprint density at radius 2 is 1.75 bits per heavy atom. The van der Waals surface area contributed by atoms with E-state index >= 15 is 0 Å². The Bertz CT molecular complexity index is 315. The molecule has 2 aliphatic rings. The normalized spacial score (nSPS) is 26.3. The van der Waals surface area contributed by atoms with Crippen LogP contribution in [0.15, 0.2) is 0 Å². The van der Waals surface area contributed by atoms with E-state index < -0.39 is 10.0 Å². The summed E-state index contributed by atoms with van der Waals surface area (Å²) in [7, 11) is -2.94. The topological polar surface area (TPSA) is 41.8 Å². The van der Waals surface area contributed by atoms with Crippen molar-refractivity contribution in [2.24, 2.45) is 0 Å². The van der Waals surface area contributed by atoms with Gasteiger partial charge in [-0.25, -0.2) is 12.7 Å². The molecule has 2 aliphatic heterocycles. The molecule has 0 unspecified atom stereocenters. The standard InChI is InChI=1S/C11H22N2O2S/c1-2-16(14,15)13-9-5-11(6-10-13)12-7-3-4-8-12/h11H,2-10H2,1H3/p+1. The zero-order valence-corrected chi connectivity index (χ0v) is 10.9. The van der Waals surface area contributed by atoms with Crippen molar-refractivity contribution in [2.45, 2.75) is 38.6 Å². The third-order valence-corrected chi connectivity index (χ3v) is 5.92. The van der Waals surface area contributed by atoms with Crippen LogP contribution >= 0.6 is 0 Å². The van der Waals surface area contributed by atoms with Gasteiger partial charge in [-0.05, 0) is 6.92 Å². The fraction of sp³-hybridized carbons (Fsp3) is 1.00. The second kappa shape index (κ2) is 5.02. The molecule has 1 N–H and O–H groups in total. The van der Waals surface area contributed by atoms with E-state index in [1.54, 1.807) is 16.1 Å². The van der Waals surface area contributed by atoms with Crippen LogP contribution in [0.5, 0.6) is 0 Å². The van der Waals surface area contributed by atoms with Gasteiger partial charge in [0.15, 0.2) is 0 Å². The average molecular weight is 247 g/mol. The minimum Gasteiger partial charge on any atom is -0.332 e. The van der Waals surface area contributed by atoms with Crippen molar-refractivity contribution in [1.29, 1.82) is 0 Å². The predicted molar refractivity (Wildman–Crippen MR) is 64.0 cm³/mol. The van der Waals surface area contributed by atoms with Gasteiger partial charge in [-0.1, -0.05) is 0 Å². The summed E-state index contributed by atoms with van der Waals surface area (Å²) in [5.41, 5.74) is 0. The molecule has 0 atom stereocenters. The van der Waals surface area contributed by atoms with Crippen molar-refractivity contribution in [3.8, 4) is 0 Å². The maximum atomic E-state index is 11.7.